The summed E-state index contributed by atoms with van der Waals surface area (Å²) >= 11 is 29.2. The molecule has 1 atom stereocenters. The van der Waals surface area contributed by atoms with E-state index in [9.17, 15) is 4.79 Å². The summed E-state index contributed by atoms with van der Waals surface area (Å²) < 4.78 is 3.23. The summed E-state index contributed by atoms with van der Waals surface area (Å²) in [4.78, 5) is 12.5. The van der Waals surface area contributed by atoms with E-state index in [1.54, 1.807) is 48.5 Å². The van der Waals surface area contributed by atoms with Gasteiger partial charge in [-0.3, -0.25) is 4.79 Å². The van der Waals surface area contributed by atoms with Gasteiger partial charge in [-0.15, -0.1) is 0 Å². The molecule has 0 fully saturated rings. The van der Waals surface area contributed by atoms with Crippen molar-refractivity contribution in [2.24, 2.45) is 0 Å². The number of hydrogen-bond acceptors (Lipinski definition) is 3. The normalized spacial score (nSPS) is 12.0. The summed E-state index contributed by atoms with van der Waals surface area (Å²) in [6, 6.07) is 13.5. The van der Waals surface area contributed by atoms with Crippen LogP contribution in [0, 0.1) is 0 Å². The highest BCUT2D eigenvalue weighted by Gasteiger charge is 2.35. The molecule has 0 saturated carbocycles. The molecule has 0 aliphatic rings. The Labute approximate surface area is 182 Å². The van der Waals surface area contributed by atoms with Crippen LogP contribution in [0.1, 0.15) is 10.4 Å². The highest BCUT2D eigenvalue weighted by atomic mass is 35.6. The molecule has 27 heavy (non-hydrogen) atoms. The van der Waals surface area contributed by atoms with Crippen LogP contribution in [0.15, 0.2) is 48.5 Å². The van der Waals surface area contributed by atoms with E-state index in [0.29, 0.717) is 22.0 Å². The maximum atomic E-state index is 12.5. The van der Waals surface area contributed by atoms with Crippen LogP contribution in [-0.2, 0) is 0 Å². The van der Waals surface area contributed by atoms with Crippen LogP contribution in [0.5, 0.6) is 5.75 Å². The van der Waals surface area contributed by atoms with E-state index in [1.165, 1.54) is 7.11 Å². The van der Waals surface area contributed by atoms with Crippen LogP contribution in [0.2, 0.25) is 5.02 Å². The Morgan fingerprint density at radius 1 is 1.11 bits per heavy atom. The van der Waals surface area contributed by atoms with Gasteiger partial charge in [-0.25, -0.2) is 0 Å². The SMILES string of the molecule is COc1cccc(C(=O)NC(NC(=S)Nc2ccccc2Cl)C(Cl)(Cl)Cl)c1. The lowest BCUT2D eigenvalue weighted by molar-refractivity contribution is 0.0934. The third kappa shape index (κ3) is 6.59. The Morgan fingerprint density at radius 3 is 2.44 bits per heavy atom. The Kier molecular flexibility index (Phi) is 7.82. The second-order valence-electron chi connectivity index (χ2n) is 5.26. The molecule has 1 unspecified atom stereocenters. The van der Waals surface area contributed by atoms with Crippen molar-refractivity contribution in [1.29, 1.82) is 0 Å². The van der Waals surface area contributed by atoms with E-state index < -0.39 is 15.9 Å². The van der Waals surface area contributed by atoms with Crippen molar-refractivity contribution >= 4 is 75.3 Å². The minimum absolute atomic E-state index is 0.116. The number of amides is 1. The van der Waals surface area contributed by atoms with Gasteiger partial charge in [0.25, 0.3) is 5.91 Å². The Morgan fingerprint density at radius 2 is 1.81 bits per heavy atom. The van der Waals surface area contributed by atoms with Crippen molar-refractivity contribution in [3.63, 3.8) is 0 Å². The summed E-state index contributed by atoms with van der Waals surface area (Å²) in [5.74, 6) is 0.0511. The van der Waals surface area contributed by atoms with Gasteiger partial charge in [-0.05, 0) is 42.5 Å². The largest absolute Gasteiger partial charge is 0.497 e. The monoisotopic (exact) mass is 465 g/mol. The maximum absolute atomic E-state index is 12.5. The summed E-state index contributed by atoms with van der Waals surface area (Å²) in [5.41, 5.74) is 0.902. The Bertz CT molecular complexity index is 830. The van der Waals surface area contributed by atoms with E-state index in [0.717, 1.165) is 0 Å². The number of thiocarbonyl (C=S) groups is 1. The average molecular weight is 467 g/mol. The van der Waals surface area contributed by atoms with E-state index in [1.807, 2.05) is 0 Å². The second-order valence-corrected chi connectivity index (χ2v) is 8.44. The van der Waals surface area contributed by atoms with E-state index in [-0.39, 0.29) is 5.11 Å². The zero-order chi connectivity index (χ0) is 20.0. The van der Waals surface area contributed by atoms with Gasteiger partial charge in [-0.1, -0.05) is 64.6 Å². The first-order valence-electron chi connectivity index (χ1n) is 7.54. The molecule has 0 aromatic heterocycles. The number of carbonyl (C=O) groups excluding carboxylic acids is 1. The molecular formula is C17H15Cl4N3O2S. The number of benzene rings is 2. The number of alkyl halides is 3. The van der Waals surface area contributed by atoms with E-state index in [2.05, 4.69) is 16.0 Å². The molecule has 0 radical (unpaired) electrons. The molecule has 3 N–H and O–H groups in total. The lowest BCUT2D eigenvalue weighted by Crippen LogP contribution is -2.56. The Balaban J connectivity index is 2.10. The number of carbonyl (C=O) groups is 1. The van der Waals surface area contributed by atoms with Crippen LogP contribution < -0.4 is 20.7 Å². The molecule has 0 saturated heterocycles. The van der Waals surface area contributed by atoms with Crippen LogP contribution in [0.3, 0.4) is 0 Å². The van der Waals surface area contributed by atoms with Gasteiger partial charge in [0, 0.05) is 5.56 Å². The highest BCUT2D eigenvalue weighted by molar-refractivity contribution is 7.80. The quantitative estimate of drug-likeness (QED) is 0.337. The molecular weight excluding hydrogens is 452 g/mol. The molecule has 2 aromatic rings. The zero-order valence-electron chi connectivity index (χ0n) is 13.9. The molecule has 2 aromatic carbocycles. The summed E-state index contributed by atoms with van der Waals surface area (Å²) in [6.07, 6.45) is -1.11. The molecule has 2 rings (SSSR count). The molecule has 144 valence electrons. The van der Waals surface area contributed by atoms with Gasteiger partial charge in [-0.2, -0.15) is 0 Å². The third-order valence-electron chi connectivity index (χ3n) is 3.33. The van der Waals surface area contributed by atoms with Crippen LogP contribution in [0.4, 0.5) is 5.69 Å². The first kappa shape index (κ1) is 21.9. The number of nitrogens with one attached hydrogen (secondary N) is 3. The van der Waals surface area contributed by atoms with Gasteiger partial charge >= 0.3 is 0 Å². The number of halogens is 4. The van der Waals surface area contributed by atoms with Crippen molar-refractivity contribution in [2.75, 3.05) is 12.4 Å². The Hall–Kier alpha value is -1.44. The fourth-order valence-electron chi connectivity index (χ4n) is 2.03. The topological polar surface area (TPSA) is 62.4 Å². The van der Waals surface area contributed by atoms with Crippen LogP contribution in [-0.4, -0.2) is 28.1 Å². The number of rotatable bonds is 5. The molecule has 0 aliphatic heterocycles. The maximum Gasteiger partial charge on any atom is 0.253 e. The summed E-state index contributed by atoms with van der Waals surface area (Å²) in [7, 11) is 1.50. The van der Waals surface area contributed by atoms with Crippen molar-refractivity contribution in [1.82, 2.24) is 10.6 Å². The van der Waals surface area contributed by atoms with Crippen LogP contribution in [0.25, 0.3) is 0 Å². The van der Waals surface area contributed by atoms with Gasteiger partial charge in [0.2, 0.25) is 3.79 Å². The predicted octanol–water partition coefficient (Wildman–Crippen LogP) is 4.76. The average Bonchev–Trinajstić information content (AvgIpc) is 2.62. The molecule has 1 amide bonds. The first-order valence-corrected chi connectivity index (χ1v) is 9.46. The molecule has 0 spiro atoms. The van der Waals surface area contributed by atoms with Crippen molar-refractivity contribution in [3.8, 4) is 5.75 Å². The molecule has 0 bridgehead atoms. The van der Waals surface area contributed by atoms with Crippen molar-refractivity contribution in [2.45, 2.75) is 9.96 Å². The van der Waals surface area contributed by atoms with Gasteiger partial charge in [0.15, 0.2) is 5.11 Å². The van der Waals surface area contributed by atoms with Gasteiger partial charge in [0.05, 0.1) is 17.8 Å². The van der Waals surface area contributed by atoms with E-state index >= 15 is 0 Å². The van der Waals surface area contributed by atoms with Crippen LogP contribution >= 0.6 is 58.6 Å². The molecule has 0 aliphatic carbocycles. The van der Waals surface area contributed by atoms with Gasteiger partial charge in [0.1, 0.15) is 11.9 Å². The fraction of sp³-hybridized carbons (Fsp3) is 0.176. The highest BCUT2D eigenvalue weighted by Crippen LogP contribution is 2.29. The number of ether oxygens (including phenoxy) is 1. The molecule has 5 nitrogen and oxygen atoms in total. The minimum atomic E-state index is -1.87. The summed E-state index contributed by atoms with van der Waals surface area (Å²) in [5, 5.41) is 8.83. The first-order chi connectivity index (χ1) is 12.7. The van der Waals surface area contributed by atoms with E-state index in [4.69, 9.17) is 63.4 Å². The number of methoxy groups -OCH3 is 1. The molecule has 0 heterocycles. The standard InChI is InChI=1S/C17H15Cl4N3O2S/c1-26-11-6-4-5-10(9-11)14(25)23-15(17(19,20)21)24-16(27)22-13-8-3-2-7-12(13)18/h2-9,15H,1H3,(H,23,25)(H2,22,24,27). The molecule has 10 heteroatoms. The lowest BCUT2D eigenvalue weighted by Gasteiger charge is -2.28. The summed E-state index contributed by atoms with van der Waals surface area (Å²) in [6.45, 7) is 0. The number of hydrogen-bond donors (Lipinski definition) is 3. The number of para-hydroxylation sites is 1. The second kappa shape index (κ2) is 9.66. The zero-order valence-corrected chi connectivity index (χ0v) is 17.8. The fourth-order valence-corrected chi connectivity index (χ4v) is 2.77. The lowest BCUT2D eigenvalue weighted by atomic mass is 10.2. The smallest absolute Gasteiger partial charge is 0.253 e. The van der Waals surface area contributed by atoms with Crippen molar-refractivity contribution < 1.29 is 9.53 Å². The van der Waals surface area contributed by atoms with Crippen molar-refractivity contribution in [3.05, 3.63) is 59.1 Å². The minimum Gasteiger partial charge on any atom is -0.497 e. The van der Waals surface area contributed by atoms with Gasteiger partial charge < -0.3 is 20.7 Å². The third-order valence-corrected chi connectivity index (χ3v) is 4.54. The number of anilines is 1. The predicted molar refractivity (Wildman–Crippen MR) is 115 cm³/mol.